The zero-order chi connectivity index (χ0) is 14.7. The summed E-state index contributed by atoms with van der Waals surface area (Å²) in [6, 6.07) is 2.11. The summed E-state index contributed by atoms with van der Waals surface area (Å²) in [5.41, 5.74) is 0.306. The summed E-state index contributed by atoms with van der Waals surface area (Å²) in [6.07, 6.45) is 2.48. The normalized spacial score (nSPS) is 19.4. The maximum Gasteiger partial charge on any atom is 0.235 e. The van der Waals surface area contributed by atoms with Crippen LogP contribution in [0.5, 0.6) is 5.75 Å². The summed E-state index contributed by atoms with van der Waals surface area (Å²) in [4.78, 5) is 13.4. The molecule has 0 aliphatic carbocycles. The molecule has 2 N–H and O–H groups in total. The highest BCUT2D eigenvalue weighted by Gasteiger charge is 2.31. The lowest BCUT2D eigenvalue weighted by atomic mass is 10.1. The molecule has 2 rings (SSSR count). The molecular formula is C14H18F2N2O2. The summed E-state index contributed by atoms with van der Waals surface area (Å²) in [5, 5.41) is 11.8. The summed E-state index contributed by atoms with van der Waals surface area (Å²) >= 11 is 0. The van der Waals surface area contributed by atoms with Crippen molar-refractivity contribution in [3.63, 3.8) is 0 Å². The molecule has 4 nitrogen and oxygen atoms in total. The van der Waals surface area contributed by atoms with Gasteiger partial charge in [0.15, 0.2) is 17.4 Å². The van der Waals surface area contributed by atoms with Crippen molar-refractivity contribution in [2.45, 2.75) is 32.4 Å². The molecule has 0 bridgehead atoms. The Morgan fingerprint density at radius 2 is 2.00 bits per heavy atom. The molecule has 20 heavy (non-hydrogen) atoms. The van der Waals surface area contributed by atoms with Crippen LogP contribution in [0.25, 0.3) is 0 Å². The summed E-state index contributed by atoms with van der Waals surface area (Å²) in [6.45, 7) is 2.98. The van der Waals surface area contributed by atoms with Crippen LogP contribution < -0.4 is 5.32 Å². The molecule has 1 heterocycles. The number of hydrogen-bond acceptors (Lipinski definition) is 3. The number of halogens is 2. The minimum atomic E-state index is -1.02. The molecular weight excluding hydrogens is 266 g/mol. The fourth-order valence-electron chi connectivity index (χ4n) is 2.38. The molecule has 110 valence electrons. The van der Waals surface area contributed by atoms with E-state index >= 15 is 0 Å². The van der Waals surface area contributed by atoms with Crippen LogP contribution in [0.15, 0.2) is 12.1 Å². The predicted octanol–water partition coefficient (Wildman–Crippen LogP) is 2.29. The third-order valence-electron chi connectivity index (χ3n) is 3.41. The van der Waals surface area contributed by atoms with E-state index in [0.717, 1.165) is 31.4 Å². The Hall–Kier alpha value is -1.69. The molecule has 0 unspecified atom stereocenters. The van der Waals surface area contributed by atoms with Crippen LogP contribution in [0, 0.1) is 11.6 Å². The van der Waals surface area contributed by atoms with E-state index in [4.69, 9.17) is 5.11 Å². The van der Waals surface area contributed by atoms with Crippen LogP contribution in [0.2, 0.25) is 0 Å². The van der Waals surface area contributed by atoms with Crippen LogP contribution in [0.1, 0.15) is 37.9 Å². The lowest BCUT2D eigenvalue weighted by Gasteiger charge is -2.23. The quantitative estimate of drug-likeness (QED) is 0.816. The molecule has 0 spiro atoms. The van der Waals surface area contributed by atoms with E-state index in [1.54, 1.807) is 0 Å². The second kappa shape index (κ2) is 6.17. The maximum atomic E-state index is 13.4. The van der Waals surface area contributed by atoms with E-state index in [1.165, 1.54) is 0 Å². The number of rotatable bonds is 5. The predicted molar refractivity (Wildman–Crippen MR) is 70.0 cm³/mol. The Kier molecular flexibility index (Phi) is 4.54. The van der Waals surface area contributed by atoms with Gasteiger partial charge in [0.25, 0.3) is 0 Å². The number of carbonyl (C=O) groups is 1. The number of nitrogens with one attached hydrogen (secondary N) is 1. The molecule has 0 radical (unpaired) electrons. The van der Waals surface area contributed by atoms with Crippen molar-refractivity contribution in [2.24, 2.45) is 0 Å². The average molecular weight is 284 g/mol. The first kappa shape index (κ1) is 14.7. The molecule has 1 saturated heterocycles. The molecule has 1 aliphatic heterocycles. The largest absolute Gasteiger partial charge is 0.503 e. The van der Waals surface area contributed by atoms with Crippen LogP contribution in [-0.2, 0) is 4.79 Å². The molecule has 1 fully saturated rings. The van der Waals surface area contributed by atoms with E-state index in [2.05, 4.69) is 12.2 Å². The van der Waals surface area contributed by atoms with Gasteiger partial charge in [0.2, 0.25) is 5.91 Å². The Labute approximate surface area is 116 Å². The van der Waals surface area contributed by atoms with Crippen LogP contribution >= 0.6 is 0 Å². The summed E-state index contributed by atoms with van der Waals surface area (Å²) in [7, 11) is 0. The highest BCUT2D eigenvalue weighted by Crippen LogP contribution is 2.28. The van der Waals surface area contributed by atoms with Gasteiger partial charge in [0, 0.05) is 6.54 Å². The lowest BCUT2D eigenvalue weighted by Crippen LogP contribution is -2.28. The molecule has 1 amide bonds. The Bertz CT molecular complexity index is 485. The van der Waals surface area contributed by atoms with Crippen molar-refractivity contribution in [1.82, 2.24) is 10.2 Å². The van der Waals surface area contributed by atoms with Gasteiger partial charge in [0.1, 0.15) is 6.17 Å². The Morgan fingerprint density at radius 3 is 2.60 bits per heavy atom. The van der Waals surface area contributed by atoms with Crippen molar-refractivity contribution in [3.05, 3.63) is 29.3 Å². The lowest BCUT2D eigenvalue weighted by molar-refractivity contribution is -0.118. The van der Waals surface area contributed by atoms with Crippen LogP contribution in [0.4, 0.5) is 8.78 Å². The van der Waals surface area contributed by atoms with Gasteiger partial charge in [-0.3, -0.25) is 9.69 Å². The molecule has 1 atom stereocenters. The minimum absolute atomic E-state index is 0.166. The number of carbonyl (C=O) groups excluding carboxylic acids is 1. The van der Waals surface area contributed by atoms with Crippen molar-refractivity contribution in [1.29, 1.82) is 0 Å². The first-order valence-corrected chi connectivity index (χ1v) is 6.74. The second-order valence-corrected chi connectivity index (χ2v) is 4.98. The average Bonchev–Trinajstić information content (AvgIpc) is 2.77. The van der Waals surface area contributed by atoms with Crippen LogP contribution in [0.3, 0.4) is 0 Å². The highest BCUT2D eigenvalue weighted by molar-refractivity contribution is 5.80. The number of phenolic OH excluding ortho intramolecular Hbond substituents is 1. The number of phenols is 1. The van der Waals surface area contributed by atoms with E-state index < -0.39 is 23.5 Å². The molecule has 1 aliphatic rings. The summed E-state index contributed by atoms with van der Waals surface area (Å²) in [5.74, 6) is -3.19. The van der Waals surface area contributed by atoms with Crippen molar-refractivity contribution in [2.75, 3.05) is 13.1 Å². The van der Waals surface area contributed by atoms with Crippen molar-refractivity contribution in [3.8, 4) is 5.75 Å². The number of unbranched alkanes of at least 4 members (excludes halogenated alkanes) is 2. The van der Waals surface area contributed by atoms with Gasteiger partial charge in [-0.05, 0) is 24.1 Å². The zero-order valence-corrected chi connectivity index (χ0v) is 11.3. The van der Waals surface area contributed by atoms with Crippen LogP contribution in [-0.4, -0.2) is 29.0 Å². The number of hydrogen-bond donors (Lipinski definition) is 2. The highest BCUT2D eigenvalue weighted by atomic mass is 19.1. The standard InChI is InChI=1S/C14H18F2N2O2/c1-2-3-4-5-18-8-12(19)17-14(18)9-6-10(15)13(20)11(16)7-9/h6-7,14,20H,2-5,8H2,1H3,(H,17,19)/t14-/m0/s1. The minimum Gasteiger partial charge on any atom is -0.503 e. The first-order valence-electron chi connectivity index (χ1n) is 6.74. The topological polar surface area (TPSA) is 52.6 Å². The monoisotopic (exact) mass is 284 g/mol. The van der Waals surface area contributed by atoms with E-state index in [1.807, 2.05) is 4.90 Å². The van der Waals surface area contributed by atoms with Gasteiger partial charge in [-0.2, -0.15) is 0 Å². The number of aromatic hydroxyl groups is 1. The van der Waals surface area contributed by atoms with Gasteiger partial charge in [-0.1, -0.05) is 19.8 Å². The zero-order valence-electron chi connectivity index (χ0n) is 11.3. The van der Waals surface area contributed by atoms with Crippen molar-refractivity contribution < 1.29 is 18.7 Å². The smallest absolute Gasteiger partial charge is 0.235 e. The molecule has 1 aromatic rings. The fraction of sp³-hybridized carbons (Fsp3) is 0.500. The SMILES string of the molecule is CCCCCN1CC(=O)N[C@@H]1c1cc(F)c(O)c(F)c1. The van der Waals surface area contributed by atoms with E-state index in [9.17, 15) is 13.6 Å². The Morgan fingerprint density at radius 1 is 1.35 bits per heavy atom. The summed E-state index contributed by atoms with van der Waals surface area (Å²) < 4.78 is 26.8. The maximum absolute atomic E-state index is 13.4. The van der Waals surface area contributed by atoms with Gasteiger partial charge < -0.3 is 10.4 Å². The Balaban J connectivity index is 2.18. The molecule has 1 aromatic carbocycles. The fourth-order valence-corrected chi connectivity index (χ4v) is 2.38. The van der Waals surface area contributed by atoms with Gasteiger partial charge >= 0.3 is 0 Å². The van der Waals surface area contributed by atoms with Gasteiger partial charge in [-0.25, -0.2) is 8.78 Å². The van der Waals surface area contributed by atoms with E-state index in [0.29, 0.717) is 12.1 Å². The molecule has 6 heteroatoms. The molecule has 0 aromatic heterocycles. The van der Waals surface area contributed by atoms with Crippen molar-refractivity contribution >= 4 is 5.91 Å². The molecule has 0 saturated carbocycles. The third-order valence-corrected chi connectivity index (χ3v) is 3.41. The van der Waals surface area contributed by atoms with E-state index in [-0.39, 0.29) is 12.5 Å². The number of amides is 1. The first-order chi connectivity index (χ1) is 9.52. The van der Waals surface area contributed by atoms with Gasteiger partial charge in [0.05, 0.1) is 6.54 Å². The second-order valence-electron chi connectivity index (χ2n) is 4.98. The number of nitrogens with zero attached hydrogens (tertiary/aromatic N) is 1. The van der Waals surface area contributed by atoms with Gasteiger partial charge in [-0.15, -0.1) is 0 Å². The number of benzene rings is 1. The third kappa shape index (κ3) is 3.07.